The summed E-state index contributed by atoms with van der Waals surface area (Å²) in [6.07, 6.45) is 2.13. The Hall–Kier alpha value is -2.63. The second-order valence-corrected chi connectivity index (χ2v) is 8.68. The minimum absolute atomic E-state index is 0.0739. The van der Waals surface area contributed by atoms with Crippen molar-refractivity contribution in [3.8, 4) is 16.9 Å². The number of hydrogen-bond acceptors (Lipinski definition) is 4. The molecule has 1 unspecified atom stereocenters. The fraction of sp³-hybridized carbons (Fsp3) is 0.292. The zero-order valence-corrected chi connectivity index (χ0v) is 17.5. The largest absolute Gasteiger partial charge is 0.507 e. The maximum absolute atomic E-state index is 12.4. The summed E-state index contributed by atoms with van der Waals surface area (Å²) in [5.41, 5.74) is 5.26. The minimum atomic E-state index is -0.0739. The van der Waals surface area contributed by atoms with E-state index in [0.29, 0.717) is 10.7 Å². The van der Waals surface area contributed by atoms with Gasteiger partial charge >= 0.3 is 0 Å². The van der Waals surface area contributed by atoms with Crippen molar-refractivity contribution in [2.75, 3.05) is 13.1 Å². The molecule has 0 amide bonds. The lowest BCUT2D eigenvalue weighted by atomic mass is 9.95. The molecule has 2 N–H and O–H groups in total. The van der Waals surface area contributed by atoms with E-state index >= 15 is 0 Å². The number of rotatable bonds is 4. The van der Waals surface area contributed by atoms with Gasteiger partial charge in [0.05, 0.1) is 0 Å². The van der Waals surface area contributed by atoms with Gasteiger partial charge in [-0.25, -0.2) is 0 Å². The molecule has 0 saturated heterocycles. The van der Waals surface area contributed by atoms with Crippen LogP contribution in [0.1, 0.15) is 25.0 Å². The van der Waals surface area contributed by atoms with Crippen molar-refractivity contribution in [1.82, 2.24) is 9.88 Å². The van der Waals surface area contributed by atoms with Crippen LogP contribution in [0.3, 0.4) is 0 Å². The number of H-pyrrole nitrogens is 1. The molecule has 1 aliphatic carbocycles. The van der Waals surface area contributed by atoms with Gasteiger partial charge in [-0.2, -0.15) is 0 Å². The first-order valence-electron chi connectivity index (χ1n) is 10.2. The molecule has 5 rings (SSSR count). The molecule has 29 heavy (non-hydrogen) atoms. The maximum atomic E-state index is 12.4. The average Bonchev–Trinajstić information content (AvgIpc) is 3.36. The molecule has 148 valence electrons. The Balaban J connectivity index is 1.69. The van der Waals surface area contributed by atoms with E-state index in [2.05, 4.69) is 41.9 Å². The normalized spacial score (nSPS) is 16.2. The number of phenolic OH excluding ortho intramolecular Hbond substituents is 1. The number of likely N-dealkylation sites (N-methyl/N-ethyl adjacent to an activating group) is 1. The number of aromatic hydroxyl groups is 1. The number of aromatic amines is 1. The predicted molar refractivity (Wildman–Crippen MR) is 121 cm³/mol. The van der Waals surface area contributed by atoms with E-state index in [4.69, 9.17) is 0 Å². The third-order valence-electron chi connectivity index (χ3n) is 6.31. The van der Waals surface area contributed by atoms with Gasteiger partial charge in [0.2, 0.25) is 0 Å². The third kappa shape index (κ3) is 2.88. The average molecular weight is 405 g/mol. The number of aromatic nitrogens is 1. The molecular formula is C24H24N2O2S. The monoisotopic (exact) mass is 404 g/mol. The Labute approximate surface area is 173 Å². The Morgan fingerprint density at radius 3 is 2.69 bits per heavy atom. The number of nitrogens with zero attached hydrogens (tertiary/aromatic N) is 1. The number of pyridine rings is 1. The van der Waals surface area contributed by atoms with Gasteiger partial charge in [0.15, 0.2) is 0 Å². The van der Waals surface area contributed by atoms with E-state index in [-0.39, 0.29) is 11.3 Å². The lowest BCUT2D eigenvalue weighted by molar-refractivity contribution is 0.223. The number of fused-ring (bicyclic) bond motifs is 4. The van der Waals surface area contributed by atoms with E-state index in [1.54, 1.807) is 12.1 Å². The number of nitrogens with one attached hydrogen (secondary N) is 1. The first kappa shape index (κ1) is 18.4. The van der Waals surface area contributed by atoms with Crippen molar-refractivity contribution in [3.05, 3.63) is 63.3 Å². The van der Waals surface area contributed by atoms with Gasteiger partial charge < -0.3 is 15.0 Å². The van der Waals surface area contributed by atoms with Crippen LogP contribution in [0.15, 0.2) is 46.6 Å². The van der Waals surface area contributed by atoms with Crippen LogP contribution in [0.5, 0.6) is 5.75 Å². The fourth-order valence-electron chi connectivity index (χ4n) is 4.88. The van der Waals surface area contributed by atoms with E-state index in [0.717, 1.165) is 53.3 Å². The van der Waals surface area contributed by atoms with Crippen LogP contribution in [-0.2, 0) is 12.8 Å². The number of phenols is 1. The lowest BCUT2D eigenvalue weighted by Crippen LogP contribution is -2.35. The van der Waals surface area contributed by atoms with Crippen LogP contribution in [0.2, 0.25) is 0 Å². The van der Waals surface area contributed by atoms with Gasteiger partial charge in [0.1, 0.15) is 10.4 Å². The second-order valence-electron chi connectivity index (χ2n) is 7.77. The Morgan fingerprint density at radius 1 is 1.10 bits per heavy atom. The van der Waals surface area contributed by atoms with Crippen LogP contribution >= 0.6 is 11.3 Å². The molecule has 2 aromatic heterocycles. The topological polar surface area (TPSA) is 56.3 Å². The molecule has 1 aliphatic rings. The first-order valence-corrected chi connectivity index (χ1v) is 11.1. The fourth-order valence-corrected chi connectivity index (χ4v) is 5.67. The zero-order chi connectivity index (χ0) is 20.1. The summed E-state index contributed by atoms with van der Waals surface area (Å²) < 4.78 is 0.701. The van der Waals surface area contributed by atoms with Gasteiger partial charge in [-0.05, 0) is 66.2 Å². The van der Waals surface area contributed by atoms with Crippen LogP contribution in [0, 0.1) is 0 Å². The van der Waals surface area contributed by atoms with Gasteiger partial charge in [-0.15, -0.1) is 11.3 Å². The highest BCUT2D eigenvalue weighted by Gasteiger charge is 2.26. The Kier molecular flexibility index (Phi) is 4.45. The Morgan fingerprint density at radius 2 is 1.90 bits per heavy atom. The summed E-state index contributed by atoms with van der Waals surface area (Å²) in [6, 6.07) is 12.6. The number of thiophene rings is 1. The highest BCUT2D eigenvalue weighted by atomic mass is 32.1. The highest BCUT2D eigenvalue weighted by Crippen LogP contribution is 2.41. The summed E-state index contributed by atoms with van der Waals surface area (Å²) in [7, 11) is 0. The summed E-state index contributed by atoms with van der Waals surface area (Å²) in [5.74, 6) is 0.246. The lowest BCUT2D eigenvalue weighted by Gasteiger charge is -2.25. The van der Waals surface area contributed by atoms with Crippen molar-refractivity contribution in [2.45, 2.75) is 32.7 Å². The quantitative estimate of drug-likeness (QED) is 0.507. The molecule has 1 atom stereocenters. The summed E-state index contributed by atoms with van der Waals surface area (Å²) in [6.45, 7) is 6.57. The van der Waals surface area contributed by atoms with E-state index in [9.17, 15) is 9.90 Å². The predicted octanol–water partition coefficient (Wildman–Crippen LogP) is 4.92. The van der Waals surface area contributed by atoms with Crippen molar-refractivity contribution >= 4 is 32.3 Å². The van der Waals surface area contributed by atoms with E-state index in [1.807, 2.05) is 11.4 Å². The van der Waals surface area contributed by atoms with Gasteiger partial charge in [0, 0.05) is 27.9 Å². The van der Waals surface area contributed by atoms with Crippen LogP contribution in [0.4, 0.5) is 0 Å². The van der Waals surface area contributed by atoms with E-state index < -0.39 is 0 Å². The Bertz CT molecular complexity index is 1280. The molecular weight excluding hydrogens is 380 g/mol. The molecule has 0 spiro atoms. The molecule has 2 aromatic carbocycles. The molecule has 0 bridgehead atoms. The summed E-state index contributed by atoms with van der Waals surface area (Å²) in [5, 5.41) is 14.6. The van der Waals surface area contributed by atoms with Crippen LogP contribution in [0.25, 0.3) is 32.1 Å². The van der Waals surface area contributed by atoms with Gasteiger partial charge in [-0.3, -0.25) is 4.79 Å². The van der Waals surface area contributed by atoms with Crippen LogP contribution < -0.4 is 5.56 Å². The minimum Gasteiger partial charge on any atom is -0.507 e. The van der Waals surface area contributed by atoms with Crippen molar-refractivity contribution in [3.63, 3.8) is 0 Å². The van der Waals surface area contributed by atoms with Gasteiger partial charge in [-0.1, -0.05) is 32.0 Å². The molecule has 4 nitrogen and oxygen atoms in total. The van der Waals surface area contributed by atoms with Crippen LogP contribution in [-0.4, -0.2) is 34.1 Å². The smallest absolute Gasteiger partial charge is 0.266 e. The second kappa shape index (κ2) is 7.01. The molecule has 4 aromatic rings. The molecule has 5 heteroatoms. The standard InChI is InChI=1S/C24H24N2O2S/c1-3-26(4-2)17-12-14-5-6-15(11-16(14)13-17)21-20(27)8-7-19-22(21)18-9-10-29-23(18)24(28)25-19/h5-11,17,27H,3-4,12-13H2,1-2H3,(H,25,28). The molecule has 0 aliphatic heterocycles. The third-order valence-corrected chi connectivity index (χ3v) is 7.22. The van der Waals surface area contributed by atoms with Crippen molar-refractivity contribution in [2.24, 2.45) is 0 Å². The number of benzene rings is 2. The van der Waals surface area contributed by atoms with Crippen molar-refractivity contribution in [1.29, 1.82) is 0 Å². The van der Waals surface area contributed by atoms with Gasteiger partial charge in [0.25, 0.3) is 5.56 Å². The number of hydrogen-bond donors (Lipinski definition) is 2. The summed E-state index contributed by atoms with van der Waals surface area (Å²) >= 11 is 1.44. The summed E-state index contributed by atoms with van der Waals surface area (Å²) in [4.78, 5) is 17.9. The highest BCUT2D eigenvalue weighted by molar-refractivity contribution is 7.17. The first-order chi connectivity index (χ1) is 14.1. The molecule has 2 heterocycles. The zero-order valence-electron chi connectivity index (χ0n) is 16.7. The van der Waals surface area contributed by atoms with E-state index in [1.165, 1.54) is 22.5 Å². The maximum Gasteiger partial charge on any atom is 0.266 e. The van der Waals surface area contributed by atoms with Crippen molar-refractivity contribution < 1.29 is 5.11 Å². The SMILES string of the molecule is CCN(CC)C1Cc2ccc(-c3c(O)ccc4[nH]c(=O)c5sccc5c34)cc2C1. The molecule has 0 saturated carbocycles. The molecule has 0 fully saturated rings. The molecule has 0 radical (unpaired) electrons.